The molecule has 0 aliphatic heterocycles. The minimum absolute atomic E-state index is 0.374. The van der Waals surface area contributed by atoms with Gasteiger partial charge in [-0.25, -0.2) is 9.97 Å². The van der Waals surface area contributed by atoms with Gasteiger partial charge in [0.15, 0.2) is 0 Å². The summed E-state index contributed by atoms with van der Waals surface area (Å²) >= 11 is 1.53. The fraction of sp³-hybridized carbons (Fsp3) is 0. The first-order valence-corrected chi connectivity index (χ1v) is 6.88. The summed E-state index contributed by atoms with van der Waals surface area (Å²) in [6.07, 6.45) is 1.50. The van der Waals surface area contributed by atoms with Crippen LogP contribution in [0.2, 0.25) is 0 Å². The number of thiazole rings is 1. The van der Waals surface area contributed by atoms with Crippen molar-refractivity contribution in [2.75, 3.05) is 5.73 Å². The molecule has 1 amide bonds. The Morgan fingerprint density at radius 3 is 2.86 bits per heavy atom. The van der Waals surface area contributed by atoms with Crippen molar-refractivity contribution in [3.63, 3.8) is 0 Å². The molecule has 5 nitrogen and oxygen atoms in total. The van der Waals surface area contributed by atoms with Crippen LogP contribution in [0, 0.1) is 11.8 Å². The summed E-state index contributed by atoms with van der Waals surface area (Å²) in [5, 5.41) is 0.768. The van der Waals surface area contributed by atoms with Crippen molar-refractivity contribution in [2.45, 2.75) is 0 Å². The first-order valence-electron chi connectivity index (χ1n) is 6.06. The lowest BCUT2D eigenvalue weighted by atomic mass is 10.2. The number of hydrogen-bond acceptors (Lipinski definition) is 5. The van der Waals surface area contributed by atoms with Crippen LogP contribution in [0.25, 0.3) is 20.8 Å². The highest BCUT2D eigenvalue weighted by atomic mass is 32.1. The van der Waals surface area contributed by atoms with Crippen molar-refractivity contribution < 1.29 is 4.79 Å². The maximum atomic E-state index is 10.7. The Labute approximate surface area is 124 Å². The number of primary amides is 1. The summed E-state index contributed by atoms with van der Waals surface area (Å²) in [7, 11) is 0. The number of para-hydroxylation sites is 1. The van der Waals surface area contributed by atoms with Gasteiger partial charge in [0.05, 0.1) is 15.8 Å². The van der Waals surface area contributed by atoms with Gasteiger partial charge in [0.1, 0.15) is 10.8 Å². The van der Waals surface area contributed by atoms with Crippen LogP contribution in [-0.4, -0.2) is 15.9 Å². The second-order valence-electron chi connectivity index (χ2n) is 4.26. The minimum Gasteiger partial charge on any atom is -0.383 e. The van der Waals surface area contributed by atoms with E-state index in [0.29, 0.717) is 16.9 Å². The van der Waals surface area contributed by atoms with E-state index in [-0.39, 0.29) is 0 Å². The molecule has 102 valence electrons. The molecule has 6 heteroatoms. The van der Waals surface area contributed by atoms with Gasteiger partial charge in [0.2, 0.25) is 0 Å². The average molecular weight is 294 g/mol. The largest absolute Gasteiger partial charge is 0.383 e. The third-order valence-corrected chi connectivity index (χ3v) is 3.84. The highest BCUT2D eigenvalue weighted by Crippen LogP contribution is 2.32. The predicted molar refractivity (Wildman–Crippen MR) is 83.3 cm³/mol. The van der Waals surface area contributed by atoms with Crippen LogP contribution >= 0.6 is 11.3 Å². The van der Waals surface area contributed by atoms with Gasteiger partial charge in [-0.05, 0) is 18.2 Å². The third-order valence-electron chi connectivity index (χ3n) is 2.77. The van der Waals surface area contributed by atoms with E-state index in [4.69, 9.17) is 11.5 Å². The van der Waals surface area contributed by atoms with Crippen molar-refractivity contribution in [1.29, 1.82) is 0 Å². The molecule has 21 heavy (non-hydrogen) atoms. The number of benzene rings is 1. The Bertz CT molecular complexity index is 872. The number of carbonyl (C=O) groups is 1. The molecule has 0 atom stereocenters. The van der Waals surface area contributed by atoms with Crippen LogP contribution < -0.4 is 11.5 Å². The number of fused-ring (bicyclic) bond motifs is 1. The van der Waals surface area contributed by atoms with Crippen molar-refractivity contribution in [3.8, 4) is 22.4 Å². The van der Waals surface area contributed by atoms with Gasteiger partial charge < -0.3 is 11.5 Å². The zero-order valence-corrected chi connectivity index (χ0v) is 11.6. The molecule has 0 spiro atoms. The number of rotatable bonds is 1. The predicted octanol–water partition coefficient (Wildman–Crippen LogP) is 1.78. The van der Waals surface area contributed by atoms with Crippen LogP contribution in [0.1, 0.15) is 5.56 Å². The molecule has 0 saturated carbocycles. The fourth-order valence-corrected chi connectivity index (χ4v) is 2.83. The number of hydrogen-bond donors (Lipinski definition) is 2. The summed E-state index contributed by atoms with van der Waals surface area (Å²) < 4.78 is 1.07. The standard InChI is InChI=1S/C15H10N4OS/c16-13(20)6-5-9-7-10(14(17)18-8-9)15-19-11-3-1-2-4-12(11)21-15/h1-4,7-8H,(H2,16,20)(H2,17,18). The summed E-state index contributed by atoms with van der Waals surface area (Å²) in [6.45, 7) is 0. The van der Waals surface area contributed by atoms with E-state index in [0.717, 1.165) is 15.2 Å². The van der Waals surface area contributed by atoms with Crippen LogP contribution in [0.5, 0.6) is 0 Å². The van der Waals surface area contributed by atoms with Crippen molar-refractivity contribution >= 4 is 33.3 Å². The Balaban J connectivity index is 2.11. The Kier molecular flexibility index (Phi) is 3.26. The fourth-order valence-electron chi connectivity index (χ4n) is 1.84. The zero-order chi connectivity index (χ0) is 14.8. The number of nitrogen functional groups attached to an aromatic ring is 1. The molecule has 0 radical (unpaired) electrons. The maximum absolute atomic E-state index is 10.7. The first-order chi connectivity index (χ1) is 10.1. The molecule has 0 fully saturated rings. The molecular weight excluding hydrogens is 284 g/mol. The molecule has 0 aliphatic carbocycles. The third kappa shape index (κ3) is 2.68. The van der Waals surface area contributed by atoms with E-state index in [9.17, 15) is 4.79 Å². The summed E-state index contributed by atoms with van der Waals surface area (Å²) in [4.78, 5) is 19.3. The number of amides is 1. The van der Waals surface area contributed by atoms with Gasteiger partial charge >= 0.3 is 0 Å². The number of aromatic nitrogens is 2. The molecule has 1 aromatic carbocycles. The smallest absolute Gasteiger partial charge is 0.293 e. The van der Waals surface area contributed by atoms with E-state index in [1.54, 1.807) is 6.07 Å². The van der Waals surface area contributed by atoms with Gasteiger partial charge in [-0.15, -0.1) is 11.3 Å². The van der Waals surface area contributed by atoms with E-state index >= 15 is 0 Å². The molecule has 0 saturated heterocycles. The molecular formula is C15H10N4OS. The van der Waals surface area contributed by atoms with Gasteiger partial charge in [0.25, 0.3) is 5.91 Å². The molecule has 0 unspecified atom stereocenters. The molecule has 2 heterocycles. The SMILES string of the molecule is NC(=O)C#Cc1cnc(N)c(-c2nc3ccccc3s2)c1. The number of pyridine rings is 1. The highest BCUT2D eigenvalue weighted by Gasteiger charge is 2.10. The Morgan fingerprint density at radius 2 is 2.10 bits per heavy atom. The minimum atomic E-state index is -0.687. The van der Waals surface area contributed by atoms with Crippen LogP contribution in [-0.2, 0) is 4.79 Å². The van der Waals surface area contributed by atoms with E-state index in [1.165, 1.54) is 17.5 Å². The van der Waals surface area contributed by atoms with Gasteiger partial charge in [-0.2, -0.15) is 0 Å². The Hall–Kier alpha value is -2.91. The van der Waals surface area contributed by atoms with Gasteiger partial charge in [0, 0.05) is 17.7 Å². The van der Waals surface area contributed by atoms with Crippen molar-refractivity contribution in [1.82, 2.24) is 9.97 Å². The van der Waals surface area contributed by atoms with Crippen LogP contribution in [0.15, 0.2) is 36.5 Å². The monoisotopic (exact) mass is 294 g/mol. The lowest BCUT2D eigenvalue weighted by molar-refractivity contribution is -0.112. The summed E-state index contributed by atoms with van der Waals surface area (Å²) in [6, 6.07) is 9.59. The van der Waals surface area contributed by atoms with E-state index < -0.39 is 5.91 Å². The second kappa shape index (κ2) is 5.23. The normalized spacial score (nSPS) is 10.1. The van der Waals surface area contributed by atoms with Crippen molar-refractivity contribution in [3.05, 3.63) is 42.1 Å². The van der Waals surface area contributed by atoms with E-state index in [2.05, 4.69) is 21.8 Å². The summed E-state index contributed by atoms with van der Waals surface area (Å²) in [5.74, 6) is 4.61. The molecule has 3 aromatic rings. The van der Waals surface area contributed by atoms with E-state index in [1.807, 2.05) is 24.3 Å². The number of anilines is 1. The molecule has 0 aliphatic rings. The van der Waals surface area contributed by atoms with Gasteiger partial charge in [-0.3, -0.25) is 4.79 Å². The van der Waals surface area contributed by atoms with Crippen LogP contribution in [0.4, 0.5) is 5.82 Å². The Morgan fingerprint density at radius 1 is 1.29 bits per heavy atom. The highest BCUT2D eigenvalue weighted by molar-refractivity contribution is 7.21. The number of nitrogens with zero attached hydrogens (tertiary/aromatic N) is 2. The lowest BCUT2D eigenvalue weighted by Gasteiger charge is -2.01. The summed E-state index contributed by atoms with van der Waals surface area (Å²) in [5.41, 5.74) is 13.1. The average Bonchev–Trinajstić information content (AvgIpc) is 2.90. The maximum Gasteiger partial charge on any atom is 0.293 e. The second-order valence-corrected chi connectivity index (χ2v) is 5.29. The zero-order valence-electron chi connectivity index (χ0n) is 10.8. The molecule has 3 rings (SSSR count). The lowest BCUT2D eigenvalue weighted by Crippen LogP contribution is -2.06. The molecule has 2 aromatic heterocycles. The topological polar surface area (TPSA) is 94.9 Å². The quantitative estimate of drug-likeness (QED) is 0.669. The number of carbonyl (C=O) groups excluding carboxylic acids is 1. The molecule has 4 N–H and O–H groups in total. The first kappa shape index (κ1) is 13.1. The number of nitrogens with two attached hydrogens (primary N) is 2. The van der Waals surface area contributed by atoms with Gasteiger partial charge in [-0.1, -0.05) is 18.1 Å². The van der Waals surface area contributed by atoms with Crippen molar-refractivity contribution in [2.24, 2.45) is 5.73 Å². The van der Waals surface area contributed by atoms with Crippen LogP contribution in [0.3, 0.4) is 0 Å². The molecule has 0 bridgehead atoms.